The second-order valence-electron chi connectivity index (χ2n) is 3.15. The molecule has 0 bridgehead atoms. The van der Waals surface area contributed by atoms with Crippen LogP contribution in [0.15, 0.2) is 27.2 Å². The van der Waals surface area contributed by atoms with E-state index in [4.69, 9.17) is 10.3 Å². The fourth-order valence-corrected chi connectivity index (χ4v) is 1.63. The highest BCUT2D eigenvalue weighted by Gasteiger charge is 2.31. The summed E-state index contributed by atoms with van der Waals surface area (Å²) in [6.45, 7) is 0. The summed E-state index contributed by atoms with van der Waals surface area (Å²) in [5.74, 6) is -0.204. The largest absolute Gasteiger partial charge is 0.416 e. The first-order valence-electron chi connectivity index (χ1n) is 4.34. The molecule has 0 atom stereocenters. The lowest BCUT2D eigenvalue weighted by atomic mass is 10.1. The second-order valence-corrected chi connectivity index (χ2v) is 4.00. The Kier molecular flexibility index (Phi) is 2.82. The van der Waals surface area contributed by atoms with Crippen LogP contribution >= 0.6 is 15.9 Å². The number of nitrogens with two attached hydrogens (primary N) is 1. The molecule has 1 aromatic carbocycles. The van der Waals surface area contributed by atoms with Gasteiger partial charge in [0.25, 0.3) is 11.8 Å². The molecule has 8 heteroatoms. The number of hydrogen-bond acceptors (Lipinski definition) is 4. The summed E-state index contributed by atoms with van der Waals surface area (Å²) in [7, 11) is 0. The van der Waals surface area contributed by atoms with E-state index in [1.807, 2.05) is 0 Å². The molecule has 0 radical (unpaired) electrons. The Morgan fingerprint density at radius 2 is 2.00 bits per heavy atom. The van der Waals surface area contributed by atoms with E-state index in [9.17, 15) is 13.2 Å². The number of nitrogens with zero attached hydrogens (tertiary/aromatic N) is 2. The molecule has 0 aliphatic heterocycles. The Morgan fingerprint density at radius 1 is 1.29 bits per heavy atom. The smallest absolute Gasteiger partial charge is 0.365 e. The predicted octanol–water partition coefficient (Wildman–Crippen LogP) is 3.10. The maximum absolute atomic E-state index is 12.5. The molecule has 2 rings (SSSR count). The summed E-state index contributed by atoms with van der Waals surface area (Å²) in [6, 6.07) is 3.13. The van der Waals surface area contributed by atoms with Gasteiger partial charge in [-0.05, 0) is 39.3 Å². The van der Waals surface area contributed by atoms with Crippen molar-refractivity contribution >= 4 is 21.9 Å². The zero-order valence-corrected chi connectivity index (χ0v) is 9.71. The van der Waals surface area contributed by atoms with E-state index in [2.05, 4.69) is 26.1 Å². The van der Waals surface area contributed by atoms with E-state index < -0.39 is 11.7 Å². The van der Waals surface area contributed by atoms with Gasteiger partial charge in [0.1, 0.15) is 0 Å². The van der Waals surface area contributed by atoms with Crippen LogP contribution in [-0.4, -0.2) is 10.1 Å². The Balaban J connectivity index is 2.54. The Hall–Kier alpha value is -1.57. The monoisotopic (exact) mass is 307 g/mol. The predicted molar refractivity (Wildman–Crippen MR) is 56.8 cm³/mol. The molecule has 0 spiro atoms. The van der Waals surface area contributed by atoms with Crippen molar-refractivity contribution in [1.29, 1.82) is 0 Å². The average Bonchev–Trinajstić information content (AvgIpc) is 2.63. The van der Waals surface area contributed by atoms with Crippen LogP contribution in [0.1, 0.15) is 5.56 Å². The van der Waals surface area contributed by atoms with Crippen molar-refractivity contribution in [2.45, 2.75) is 6.18 Å². The van der Waals surface area contributed by atoms with Crippen LogP contribution in [0.5, 0.6) is 0 Å². The van der Waals surface area contributed by atoms with Gasteiger partial charge in [-0.15, -0.1) is 0 Å². The molecule has 1 heterocycles. The molecule has 2 aromatic rings. The maximum atomic E-state index is 12.5. The van der Waals surface area contributed by atoms with Gasteiger partial charge in [0, 0.05) is 4.47 Å². The molecule has 90 valence electrons. The van der Waals surface area contributed by atoms with Crippen LogP contribution in [0.4, 0.5) is 19.1 Å². The van der Waals surface area contributed by atoms with Gasteiger partial charge in [0.2, 0.25) is 0 Å². The van der Waals surface area contributed by atoms with Crippen LogP contribution in [-0.2, 0) is 6.18 Å². The zero-order chi connectivity index (χ0) is 12.6. The van der Waals surface area contributed by atoms with Gasteiger partial charge in [-0.25, -0.2) is 0 Å². The number of alkyl halides is 3. The number of nitrogen functional groups attached to an aromatic ring is 1. The van der Waals surface area contributed by atoms with E-state index in [0.717, 1.165) is 12.1 Å². The molecular formula is C9H5BrF3N3O. The van der Waals surface area contributed by atoms with E-state index in [-0.39, 0.29) is 17.4 Å². The van der Waals surface area contributed by atoms with Gasteiger partial charge in [-0.1, -0.05) is 0 Å². The lowest BCUT2D eigenvalue weighted by Gasteiger charge is -2.08. The summed E-state index contributed by atoms with van der Waals surface area (Å²) < 4.78 is 42.7. The number of halogens is 4. The number of benzene rings is 1. The molecule has 0 aliphatic carbocycles. The van der Waals surface area contributed by atoms with Crippen molar-refractivity contribution in [3.8, 4) is 11.5 Å². The normalized spacial score (nSPS) is 11.8. The lowest BCUT2D eigenvalue weighted by molar-refractivity contribution is -0.137. The fraction of sp³-hybridized carbons (Fsp3) is 0.111. The minimum Gasteiger partial charge on any atom is -0.365 e. The number of rotatable bonds is 1. The van der Waals surface area contributed by atoms with Gasteiger partial charge in [-0.3, -0.25) is 0 Å². The van der Waals surface area contributed by atoms with Crippen LogP contribution in [0.3, 0.4) is 0 Å². The average molecular weight is 308 g/mol. The Labute approximate surface area is 102 Å². The van der Waals surface area contributed by atoms with Gasteiger partial charge in [0.15, 0.2) is 0 Å². The van der Waals surface area contributed by atoms with E-state index >= 15 is 0 Å². The Morgan fingerprint density at radius 3 is 2.53 bits per heavy atom. The van der Waals surface area contributed by atoms with Crippen molar-refractivity contribution in [1.82, 2.24) is 10.1 Å². The standard InChI is InChI=1S/C9H5BrF3N3O/c10-6-2-1-4(9(11,12)13)3-5(6)7-15-8(14)16-17-7/h1-3H,(H2,14,16). The molecule has 17 heavy (non-hydrogen) atoms. The van der Waals surface area contributed by atoms with Crippen molar-refractivity contribution in [2.75, 3.05) is 5.73 Å². The van der Waals surface area contributed by atoms with Crippen LogP contribution in [0.25, 0.3) is 11.5 Å². The third-order valence-electron chi connectivity index (χ3n) is 1.97. The number of anilines is 1. The third-order valence-corrected chi connectivity index (χ3v) is 2.66. The minimum atomic E-state index is -4.43. The second kappa shape index (κ2) is 4.02. The van der Waals surface area contributed by atoms with Crippen molar-refractivity contribution in [3.05, 3.63) is 28.2 Å². The fourth-order valence-electron chi connectivity index (χ4n) is 1.21. The molecule has 0 aliphatic rings. The van der Waals surface area contributed by atoms with Crippen molar-refractivity contribution in [2.24, 2.45) is 0 Å². The first kappa shape index (κ1) is 11.9. The molecule has 4 nitrogen and oxygen atoms in total. The van der Waals surface area contributed by atoms with E-state index in [0.29, 0.717) is 4.47 Å². The topological polar surface area (TPSA) is 64.9 Å². The molecule has 1 aromatic heterocycles. The van der Waals surface area contributed by atoms with Crippen molar-refractivity contribution < 1.29 is 17.7 Å². The zero-order valence-electron chi connectivity index (χ0n) is 8.12. The van der Waals surface area contributed by atoms with Gasteiger partial charge >= 0.3 is 6.18 Å². The van der Waals surface area contributed by atoms with Crippen LogP contribution in [0.2, 0.25) is 0 Å². The van der Waals surface area contributed by atoms with E-state index in [1.165, 1.54) is 6.07 Å². The summed E-state index contributed by atoms with van der Waals surface area (Å²) in [5.41, 5.74) is 4.58. The third kappa shape index (κ3) is 2.41. The summed E-state index contributed by atoms with van der Waals surface area (Å²) in [4.78, 5) is 3.67. The van der Waals surface area contributed by atoms with Gasteiger partial charge < -0.3 is 10.3 Å². The molecule has 0 saturated carbocycles. The molecule has 0 fully saturated rings. The highest BCUT2D eigenvalue weighted by atomic mass is 79.9. The SMILES string of the molecule is Nc1noc(-c2cc(C(F)(F)F)ccc2Br)n1. The quantitative estimate of drug-likeness (QED) is 0.879. The number of aromatic nitrogens is 2. The molecule has 0 unspecified atom stereocenters. The molecule has 2 N–H and O–H groups in total. The van der Waals surface area contributed by atoms with Gasteiger partial charge in [-0.2, -0.15) is 18.2 Å². The van der Waals surface area contributed by atoms with Crippen LogP contribution < -0.4 is 5.73 Å². The van der Waals surface area contributed by atoms with Crippen molar-refractivity contribution in [3.63, 3.8) is 0 Å². The Bertz CT molecular complexity index is 553. The van der Waals surface area contributed by atoms with Gasteiger partial charge in [0.05, 0.1) is 11.1 Å². The van der Waals surface area contributed by atoms with E-state index in [1.54, 1.807) is 0 Å². The minimum absolute atomic E-state index is 0.0690. The summed E-state index contributed by atoms with van der Waals surface area (Å²) >= 11 is 3.11. The van der Waals surface area contributed by atoms with Crippen LogP contribution in [0, 0.1) is 0 Å². The highest BCUT2D eigenvalue weighted by molar-refractivity contribution is 9.10. The summed E-state index contributed by atoms with van der Waals surface area (Å²) in [6.07, 6.45) is -4.43. The molecule has 0 saturated heterocycles. The first-order chi connectivity index (χ1) is 7.88. The molecule has 0 amide bonds. The molecular weight excluding hydrogens is 303 g/mol. The summed E-state index contributed by atoms with van der Waals surface area (Å²) in [5, 5.41) is 3.32. The maximum Gasteiger partial charge on any atom is 0.416 e. The number of hydrogen-bond donors (Lipinski definition) is 1. The lowest BCUT2D eigenvalue weighted by Crippen LogP contribution is -2.04. The first-order valence-corrected chi connectivity index (χ1v) is 5.13. The highest BCUT2D eigenvalue weighted by Crippen LogP contribution is 2.35.